The lowest BCUT2D eigenvalue weighted by molar-refractivity contribution is 0.0793. The van der Waals surface area contributed by atoms with Crippen LogP contribution in [0.4, 0.5) is 0 Å². The van der Waals surface area contributed by atoms with Crippen LogP contribution >= 0.6 is 0 Å². The molecule has 0 aromatic heterocycles. The van der Waals surface area contributed by atoms with Gasteiger partial charge in [-0.3, -0.25) is 0 Å². The minimum Gasteiger partial charge on any atom is -0.393 e. The van der Waals surface area contributed by atoms with Gasteiger partial charge in [-0.1, -0.05) is 13.3 Å². The van der Waals surface area contributed by atoms with Crippen molar-refractivity contribution in [2.75, 3.05) is 6.54 Å². The predicted molar refractivity (Wildman–Crippen MR) is 58.2 cm³/mol. The maximum absolute atomic E-state index is 9.63. The minimum atomic E-state index is -0.0186. The maximum Gasteiger partial charge on any atom is 0.0543 e. The van der Waals surface area contributed by atoms with Gasteiger partial charge in [0.25, 0.3) is 0 Å². The fourth-order valence-electron chi connectivity index (χ4n) is 2.99. The molecule has 1 saturated heterocycles. The largest absolute Gasteiger partial charge is 0.393 e. The molecule has 2 aliphatic rings. The van der Waals surface area contributed by atoms with Crippen LogP contribution in [0.5, 0.6) is 0 Å². The van der Waals surface area contributed by atoms with Crippen LogP contribution in [0.25, 0.3) is 0 Å². The van der Waals surface area contributed by atoms with Crippen LogP contribution in [0.15, 0.2) is 0 Å². The van der Waals surface area contributed by atoms with Crippen LogP contribution in [0, 0.1) is 11.8 Å². The zero-order valence-electron chi connectivity index (χ0n) is 9.21. The van der Waals surface area contributed by atoms with E-state index in [4.69, 9.17) is 0 Å². The lowest BCUT2D eigenvalue weighted by atomic mass is 9.78. The molecule has 1 heterocycles. The highest BCUT2D eigenvalue weighted by Crippen LogP contribution is 2.30. The first kappa shape index (κ1) is 10.4. The van der Waals surface area contributed by atoms with Crippen molar-refractivity contribution in [3.8, 4) is 0 Å². The minimum absolute atomic E-state index is 0.0186. The molecule has 2 rings (SSSR count). The van der Waals surface area contributed by atoms with E-state index in [1.54, 1.807) is 0 Å². The second kappa shape index (κ2) is 4.63. The molecule has 82 valence electrons. The van der Waals surface area contributed by atoms with Gasteiger partial charge in [0.1, 0.15) is 0 Å². The standard InChI is InChI=1S/C12H23NO/c1-9-5-6-12(13-8-9)10-3-2-4-11(14)7-10/h9-14H,2-8H2,1H3/t9-,10?,11-,12+/m1/s1. The van der Waals surface area contributed by atoms with Gasteiger partial charge < -0.3 is 10.4 Å². The molecule has 0 spiro atoms. The molecule has 1 aliphatic carbocycles. The Balaban J connectivity index is 1.82. The van der Waals surface area contributed by atoms with Crippen LogP contribution < -0.4 is 5.32 Å². The highest BCUT2D eigenvalue weighted by molar-refractivity contribution is 4.85. The van der Waals surface area contributed by atoms with Crippen molar-refractivity contribution < 1.29 is 5.11 Å². The predicted octanol–water partition coefficient (Wildman–Crippen LogP) is 1.93. The summed E-state index contributed by atoms with van der Waals surface area (Å²) in [6.45, 7) is 3.50. The lowest BCUT2D eigenvalue weighted by Gasteiger charge is -2.37. The highest BCUT2D eigenvalue weighted by atomic mass is 16.3. The SMILES string of the molecule is C[C@@H]1CC[C@@H](C2CCC[C@@H](O)C2)NC1. The van der Waals surface area contributed by atoms with Gasteiger partial charge >= 0.3 is 0 Å². The Morgan fingerprint density at radius 1 is 1.14 bits per heavy atom. The Labute approximate surface area is 87.1 Å². The molecule has 14 heavy (non-hydrogen) atoms. The van der Waals surface area contributed by atoms with Crippen LogP contribution in [-0.2, 0) is 0 Å². The number of rotatable bonds is 1. The summed E-state index contributed by atoms with van der Waals surface area (Å²) in [5.74, 6) is 1.59. The Morgan fingerprint density at radius 3 is 2.64 bits per heavy atom. The third-order valence-electron chi connectivity index (χ3n) is 3.96. The molecule has 0 aromatic rings. The van der Waals surface area contributed by atoms with E-state index in [0.717, 1.165) is 24.7 Å². The average Bonchev–Trinajstić information content (AvgIpc) is 2.19. The molecule has 2 N–H and O–H groups in total. The molecule has 2 heteroatoms. The van der Waals surface area contributed by atoms with Crippen LogP contribution in [0.1, 0.15) is 45.4 Å². The normalized spacial score (nSPS) is 45.0. The van der Waals surface area contributed by atoms with Gasteiger partial charge in [0.05, 0.1) is 6.10 Å². The zero-order valence-corrected chi connectivity index (χ0v) is 9.21. The first-order chi connectivity index (χ1) is 6.75. The van der Waals surface area contributed by atoms with Crippen molar-refractivity contribution in [1.29, 1.82) is 0 Å². The molecule has 0 amide bonds. The summed E-state index contributed by atoms with van der Waals surface area (Å²) < 4.78 is 0. The number of aliphatic hydroxyl groups is 1. The summed E-state index contributed by atoms with van der Waals surface area (Å²) >= 11 is 0. The van der Waals surface area contributed by atoms with E-state index in [1.807, 2.05) is 0 Å². The van der Waals surface area contributed by atoms with Gasteiger partial charge in [-0.25, -0.2) is 0 Å². The molecule has 1 unspecified atom stereocenters. The summed E-state index contributed by atoms with van der Waals surface area (Å²) in [5, 5.41) is 13.3. The van der Waals surface area contributed by atoms with Crippen LogP contribution in [-0.4, -0.2) is 23.8 Å². The summed E-state index contributed by atoms with van der Waals surface area (Å²) in [4.78, 5) is 0. The second-order valence-corrected chi connectivity index (χ2v) is 5.28. The fraction of sp³-hybridized carbons (Fsp3) is 1.00. The second-order valence-electron chi connectivity index (χ2n) is 5.28. The first-order valence-corrected chi connectivity index (χ1v) is 6.17. The fourth-order valence-corrected chi connectivity index (χ4v) is 2.99. The van der Waals surface area contributed by atoms with Crippen molar-refractivity contribution >= 4 is 0 Å². The number of aliphatic hydroxyl groups excluding tert-OH is 1. The first-order valence-electron chi connectivity index (χ1n) is 6.17. The summed E-state index contributed by atoms with van der Waals surface area (Å²) in [7, 11) is 0. The van der Waals surface area contributed by atoms with Crippen molar-refractivity contribution in [1.82, 2.24) is 5.32 Å². The quantitative estimate of drug-likeness (QED) is 0.673. The van der Waals surface area contributed by atoms with Crippen molar-refractivity contribution in [3.05, 3.63) is 0 Å². The van der Waals surface area contributed by atoms with Gasteiger partial charge in [0.15, 0.2) is 0 Å². The molecule has 1 aliphatic heterocycles. The summed E-state index contributed by atoms with van der Waals surface area (Å²) in [6, 6.07) is 0.696. The highest BCUT2D eigenvalue weighted by Gasteiger charge is 2.29. The molecular weight excluding hydrogens is 174 g/mol. The van der Waals surface area contributed by atoms with E-state index in [2.05, 4.69) is 12.2 Å². The van der Waals surface area contributed by atoms with Gasteiger partial charge in [0, 0.05) is 6.04 Å². The third-order valence-corrected chi connectivity index (χ3v) is 3.96. The molecule has 2 nitrogen and oxygen atoms in total. The number of nitrogens with one attached hydrogen (secondary N) is 1. The maximum atomic E-state index is 9.63. The number of piperidine rings is 1. The van der Waals surface area contributed by atoms with Gasteiger partial charge in [-0.15, -0.1) is 0 Å². The molecule has 0 aromatic carbocycles. The van der Waals surface area contributed by atoms with Gasteiger partial charge in [0.2, 0.25) is 0 Å². The topological polar surface area (TPSA) is 32.3 Å². The van der Waals surface area contributed by atoms with Crippen molar-refractivity contribution in [2.45, 2.75) is 57.6 Å². The van der Waals surface area contributed by atoms with E-state index >= 15 is 0 Å². The summed E-state index contributed by atoms with van der Waals surface area (Å²) in [5.41, 5.74) is 0. The van der Waals surface area contributed by atoms with Gasteiger partial charge in [-0.2, -0.15) is 0 Å². The molecule has 4 atom stereocenters. The summed E-state index contributed by atoms with van der Waals surface area (Å²) in [6.07, 6.45) is 7.27. The van der Waals surface area contributed by atoms with E-state index in [9.17, 15) is 5.11 Å². The van der Waals surface area contributed by atoms with Gasteiger partial charge in [-0.05, 0) is 50.5 Å². The van der Waals surface area contributed by atoms with E-state index in [-0.39, 0.29) is 6.10 Å². The molecule has 0 radical (unpaired) electrons. The van der Waals surface area contributed by atoms with E-state index < -0.39 is 0 Å². The monoisotopic (exact) mass is 197 g/mol. The van der Waals surface area contributed by atoms with Crippen molar-refractivity contribution in [3.63, 3.8) is 0 Å². The van der Waals surface area contributed by atoms with E-state index in [0.29, 0.717) is 6.04 Å². The van der Waals surface area contributed by atoms with Crippen LogP contribution in [0.2, 0.25) is 0 Å². The third kappa shape index (κ3) is 2.48. The number of hydrogen-bond acceptors (Lipinski definition) is 2. The Morgan fingerprint density at radius 2 is 2.00 bits per heavy atom. The molecule has 2 fully saturated rings. The number of hydrogen-bond donors (Lipinski definition) is 2. The Kier molecular flexibility index (Phi) is 3.45. The molecular formula is C12H23NO. The Bertz CT molecular complexity index is 175. The van der Waals surface area contributed by atoms with E-state index in [1.165, 1.54) is 32.2 Å². The molecule has 1 saturated carbocycles. The zero-order chi connectivity index (χ0) is 9.97. The van der Waals surface area contributed by atoms with Crippen molar-refractivity contribution in [2.24, 2.45) is 11.8 Å². The lowest BCUT2D eigenvalue weighted by Crippen LogP contribution is -2.44. The smallest absolute Gasteiger partial charge is 0.0543 e. The Hall–Kier alpha value is -0.0800. The average molecular weight is 197 g/mol. The molecule has 0 bridgehead atoms. The van der Waals surface area contributed by atoms with Crippen LogP contribution in [0.3, 0.4) is 0 Å².